The highest BCUT2D eigenvalue weighted by atomic mass is 16.5. The van der Waals surface area contributed by atoms with Crippen molar-refractivity contribution in [1.29, 1.82) is 0 Å². The van der Waals surface area contributed by atoms with Crippen LogP contribution in [0.3, 0.4) is 0 Å². The van der Waals surface area contributed by atoms with Crippen LogP contribution in [0.5, 0.6) is 5.75 Å². The molecule has 0 spiro atoms. The molecule has 2 aromatic rings. The standard InChI is InChI=1S/C16H18N2O3/c1-12(14-3-2-8-17-11-14)18-9-10-21-15-6-4-13(5-7-15)16(19)20/h2-8,11-12,18H,9-10H2,1H3,(H,19,20)/t12-/m0/s1. The summed E-state index contributed by atoms with van der Waals surface area (Å²) in [7, 11) is 0. The van der Waals surface area contributed by atoms with E-state index in [1.807, 2.05) is 18.3 Å². The summed E-state index contributed by atoms with van der Waals surface area (Å²) in [6.07, 6.45) is 3.59. The van der Waals surface area contributed by atoms with Crippen LogP contribution in [0.2, 0.25) is 0 Å². The highest BCUT2D eigenvalue weighted by Gasteiger charge is 2.04. The average Bonchev–Trinajstić information content (AvgIpc) is 2.52. The fourth-order valence-electron chi connectivity index (χ4n) is 1.89. The summed E-state index contributed by atoms with van der Waals surface area (Å²) in [5, 5.41) is 12.1. The molecule has 2 N–H and O–H groups in total. The van der Waals surface area contributed by atoms with Crippen molar-refractivity contribution in [2.24, 2.45) is 0 Å². The second kappa shape index (κ2) is 7.40. The average molecular weight is 286 g/mol. The maximum atomic E-state index is 10.7. The van der Waals surface area contributed by atoms with Crippen LogP contribution in [0, 0.1) is 0 Å². The zero-order valence-electron chi connectivity index (χ0n) is 11.8. The first-order chi connectivity index (χ1) is 10.2. The molecule has 110 valence electrons. The molecule has 0 unspecified atom stereocenters. The van der Waals surface area contributed by atoms with Gasteiger partial charge in [0.2, 0.25) is 0 Å². The van der Waals surface area contributed by atoms with E-state index in [0.29, 0.717) is 18.9 Å². The van der Waals surface area contributed by atoms with Crippen LogP contribution in [0.25, 0.3) is 0 Å². The molecular weight excluding hydrogens is 268 g/mol. The number of carboxylic acid groups (broad SMARTS) is 1. The van der Waals surface area contributed by atoms with Crippen molar-refractivity contribution in [3.05, 3.63) is 59.9 Å². The van der Waals surface area contributed by atoms with Gasteiger partial charge in [0.05, 0.1) is 5.56 Å². The largest absolute Gasteiger partial charge is 0.492 e. The van der Waals surface area contributed by atoms with Gasteiger partial charge in [-0.3, -0.25) is 4.98 Å². The zero-order chi connectivity index (χ0) is 15.1. The number of hydrogen-bond donors (Lipinski definition) is 2. The van der Waals surface area contributed by atoms with Crippen LogP contribution in [-0.2, 0) is 0 Å². The lowest BCUT2D eigenvalue weighted by Gasteiger charge is -2.14. The number of ether oxygens (including phenoxy) is 1. The molecule has 1 heterocycles. The van der Waals surface area contributed by atoms with Gasteiger partial charge in [0.25, 0.3) is 0 Å². The van der Waals surface area contributed by atoms with E-state index in [0.717, 1.165) is 5.56 Å². The predicted octanol–water partition coefficient (Wildman–Crippen LogP) is 2.51. The summed E-state index contributed by atoms with van der Waals surface area (Å²) >= 11 is 0. The van der Waals surface area contributed by atoms with Gasteiger partial charge >= 0.3 is 5.97 Å². The molecule has 0 fully saturated rings. The third-order valence-electron chi connectivity index (χ3n) is 3.11. The third-order valence-corrected chi connectivity index (χ3v) is 3.11. The van der Waals surface area contributed by atoms with Crippen molar-refractivity contribution in [3.63, 3.8) is 0 Å². The number of pyridine rings is 1. The van der Waals surface area contributed by atoms with Crippen LogP contribution in [0.4, 0.5) is 0 Å². The van der Waals surface area contributed by atoms with Crippen LogP contribution in [-0.4, -0.2) is 29.2 Å². The number of carbonyl (C=O) groups is 1. The first-order valence-electron chi connectivity index (χ1n) is 6.76. The van der Waals surface area contributed by atoms with E-state index >= 15 is 0 Å². The highest BCUT2D eigenvalue weighted by molar-refractivity contribution is 5.87. The van der Waals surface area contributed by atoms with Crippen molar-refractivity contribution >= 4 is 5.97 Å². The maximum Gasteiger partial charge on any atom is 0.335 e. The molecule has 0 aliphatic carbocycles. The summed E-state index contributed by atoms with van der Waals surface area (Å²) < 4.78 is 5.56. The molecule has 1 aromatic carbocycles. The second-order valence-corrected chi connectivity index (χ2v) is 4.64. The Labute approximate surface area is 123 Å². The summed E-state index contributed by atoms with van der Waals surface area (Å²) in [4.78, 5) is 14.8. The molecule has 0 saturated carbocycles. The van der Waals surface area contributed by atoms with Crippen LogP contribution in [0.15, 0.2) is 48.8 Å². The molecule has 0 bridgehead atoms. The number of nitrogens with zero attached hydrogens (tertiary/aromatic N) is 1. The molecule has 1 aromatic heterocycles. The SMILES string of the molecule is C[C@H](NCCOc1ccc(C(=O)O)cc1)c1cccnc1. The number of rotatable bonds is 7. The van der Waals surface area contributed by atoms with Gasteiger partial charge in [-0.2, -0.15) is 0 Å². The van der Waals surface area contributed by atoms with Crippen molar-refractivity contribution in [3.8, 4) is 5.75 Å². The predicted molar refractivity (Wildman–Crippen MR) is 79.6 cm³/mol. The van der Waals surface area contributed by atoms with E-state index in [2.05, 4.69) is 17.2 Å². The van der Waals surface area contributed by atoms with Gasteiger partial charge in [0.1, 0.15) is 12.4 Å². The molecule has 0 aliphatic heterocycles. The van der Waals surface area contributed by atoms with Crippen LogP contribution in [0.1, 0.15) is 28.9 Å². The van der Waals surface area contributed by atoms with Crippen LogP contribution >= 0.6 is 0 Å². The fourth-order valence-corrected chi connectivity index (χ4v) is 1.89. The summed E-state index contributed by atoms with van der Waals surface area (Å²) in [6.45, 7) is 3.27. The first kappa shape index (κ1) is 15.0. The first-order valence-corrected chi connectivity index (χ1v) is 6.76. The van der Waals surface area contributed by atoms with E-state index in [1.54, 1.807) is 18.3 Å². The van der Waals surface area contributed by atoms with Gasteiger partial charge < -0.3 is 15.2 Å². The van der Waals surface area contributed by atoms with E-state index in [4.69, 9.17) is 9.84 Å². The number of aromatic nitrogens is 1. The minimum absolute atomic E-state index is 0.205. The molecule has 0 saturated heterocycles. The lowest BCUT2D eigenvalue weighted by molar-refractivity contribution is 0.0697. The van der Waals surface area contributed by atoms with Crippen molar-refractivity contribution < 1.29 is 14.6 Å². The Morgan fingerprint density at radius 2 is 2.10 bits per heavy atom. The Morgan fingerprint density at radius 3 is 2.71 bits per heavy atom. The lowest BCUT2D eigenvalue weighted by Crippen LogP contribution is -2.24. The molecule has 21 heavy (non-hydrogen) atoms. The Kier molecular flexibility index (Phi) is 5.29. The number of benzene rings is 1. The molecule has 5 heteroatoms. The Morgan fingerprint density at radius 1 is 1.33 bits per heavy atom. The summed E-state index contributed by atoms with van der Waals surface area (Å²) in [5.41, 5.74) is 1.38. The molecule has 0 amide bonds. The van der Waals surface area contributed by atoms with Gasteiger partial charge in [0.15, 0.2) is 0 Å². The second-order valence-electron chi connectivity index (χ2n) is 4.64. The molecule has 5 nitrogen and oxygen atoms in total. The Bertz CT molecular complexity index is 570. The van der Waals surface area contributed by atoms with Gasteiger partial charge in [-0.25, -0.2) is 4.79 Å². The smallest absolute Gasteiger partial charge is 0.335 e. The molecule has 0 radical (unpaired) electrons. The zero-order valence-corrected chi connectivity index (χ0v) is 11.8. The topological polar surface area (TPSA) is 71.5 Å². The lowest BCUT2D eigenvalue weighted by atomic mass is 10.1. The maximum absolute atomic E-state index is 10.7. The Balaban J connectivity index is 1.73. The highest BCUT2D eigenvalue weighted by Crippen LogP contribution is 2.12. The number of aromatic carboxylic acids is 1. The Hall–Kier alpha value is -2.40. The van der Waals surface area contributed by atoms with Crippen molar-refractivity contribution in [2.45, 2.75) is 13.0 Å². The monoisotopic (exact) mass is 286 g/mol. The van der Waals surface area contributed by atoms with Crippen LogP contribution < -0.4 is 10.1 Å². The van der Waals surface area contributed by atoms with Gasteiger partial charge in [-0.05, 0) is 42.8 Å². The van der Waals surface area contributed by atoms with Gasteiger partial charge in [-0.15, -0.1) is 0 Å². The van der Waals surface area contributed by atoms with Crippen molar-refractivity contribution in [2.75, 3.05) is 13.2 Å². The minimum Gasteiger partial charge on any atom is -0.492 e. The quantitative estimate of drug-likeness (QED) is 0.765. The third kappa shape index (κ3) is 4.57. The molecule has 2 rings (SSSR count). The minimum atomic E-state index is -0.937. The van der Waals surface area contributed by atoms with E-state index in [9.17, 15) is 4.79 Å². The normalized spacial score (nSPS) is 11.9. The number of hydrogen-bond acceptors (Lipinski definition) is 4. The summed E-state index contributed by atoms with van der Waals surface area (Å²) in [5.74, 6) is -0.274. The van der Waals surface area contributed by atoms with E-state index in [1.165, 1.54) is 12.1 Å². The molecular formula is C16H18N2O3. The fraction of sp³-hybridized carbons (Fsp3) is 0.250. The van der Waals surface area contributed by atoms with E-state index < -0.39 is 5.97 Å². The van der Waals surface area contributed by atoms with Crippen molar-refractivity contribution in [1.82, 2.24) is 10.3 Å². The molecule has 1 atom stereocenters. The van der Waals surface area contributed by atoms with Gasteiger partial charge in [-0.1, -0.05) is 6.07 Å². The molecule has 0 aliphatic rings. The number of carboxylic acids is 1. The van der Waals surface area contributed by atoms with E-state index in [-0.39, 0.29) is 11.6 Å². The van der Waals surface area contributed by atoms with Gasteiger partial charge in [0, 0.05) is 25.0 Å². The number of nitrogens with one attached hydrogen (secondary N) is 1. The summed E-state index contributed by atoms with van der Waals surface area (Å²) in [6, 6.07) is 10.5.